The van der Waals surface area contributed by atoms with Crippen LogP contribution in [0, 0.1) is 0 Å². The molecule has 0 aromatic carbocycles. The summed E-state index contributed by atoms with van der Waals surface area (Å²) >= 11 is 4.89. The van der Waals surface area contributed by atoms with Gasteiger partial charge in [-0.1, -0.05) is 0 Å². The van der Waals surface area contributed by atoms with E-state index in [4.69, 9.17) is 17.0 Å². The highest BCUT2D eigenvalue weighted by Gasteiger charge is 2.27. The lowest BCUT2D eigenvalue weighted by Crippen LogP contribution is -2.38. The molecule has 0 saturated heterocycles. The van der Waals surface area contributed by atoms with Crippen molar-refractivity contribution in [2.75, 3.05) is 40.0 Å². The van der Waals surface area contributed by atoms with Gasteiger partial charge in [0.1, 0.15) is 6.61 Å². The van der Waals surface area contributed by atoms with Gasteiger partial charge >= 0.3 is 6.18 Å². The molecule has 0 bridgehead atoms. The second kappa shape index (κ2) is 9.43. The number of rotatable bonds is 8. The molecule has 0 heterocycles. The number of nitrogens with one attached hydrogen (secondary N) is 2. The van der Waals surface area contributed by atoms with E-state index < -0.39 is 12.8 Å². The minimum Gasteiger partial charge on any atom is -0.385 e. The van der Waals surface area contributed by atoms with Crippen molar-refractivity contribution < 1.29 is 22.6 Å². The van der Waals surface area contributed by atoms with Crippen molar-refractivity contribution in [2.45, 2.75) is 12.6 Å². The zero-order valence-electron chi connectivity index (χ0n) is 9.60. The van der Waals surface area contributed by atoms with E-state index in [1.165, 1.54) is 0 Å². The highest BCUT2D eigenvalue weighted by atomic mass is 32.1. The van der Waals surface area contributed by atoms with Gasteiger partial charge in [-0.05, 0) is 18.6 Å². The van der Waals surface area contributed by atoms with Crippen molar-refractivity contribution in [3.05, 3.63) is 0 Å². The van der Waals surface area contributed by atoms with E-state index in [1.54, 1.807) is 7.11 Å². The minimum atomic E-state index is -4.28. The summed E-state index contributed by atoms with van der Waals surface area (Å²) in [4.78, 5) is 0. The number of alkyl halides is 3. The second-order valence-electron chi connectivity index (χ2n) is 3.20. The van der Waals surface area contributed by atoms with Gasteiger partial charge in [-0.25, -0.2) is 0 Å². The number of methoxy groups -OCH3 is 1. The summed E-state index contributed by atoms with van der Waals surface area (Å²) in [6, 6.07) is 0. The molecule has 0 radical (unpaired) electrons. The van der Waals surface area contributed by atoms with E-state index in [0.717, 1.165) is 6.42 Å². The van der Waals surface area contributed by atoms with Crippen LogP contribution in [-0.4, -0.2) is 51.3 Å². The van der Waals surface area contributed by atoms with Gasteiger partial charge in [-0.15, -0.1) is 0 Å². The monoisotopic (exact) mass is 274 g/mol. The summed E-state index contributed by atoms with van der Waals surface area (Å²) in [5.74, 6) is 0. The van der Waals surface area contributed by atoms with E-state index in [1.807, 2.05) is 0 Å². The van der Waals surface area contributed by atoms with Crippen LogP contribution in [0.25, 0.3) is 0 Å². The zero-order valence-corrected chi connectivity index (χ0v) is 10.4. The van der Waals surface area contributed by atoms with Gasteiger partial charge in [-0.3, -0.25) is 0 Å². The topological polar surface area (TPSA) is 42.5 Å². The van der Waals surface area contributed by atoms with Crippen LogP contribution in [0.15, 0.2) is 0 Å². The van der Waals surface area contributed by atoms with Crippen LogP contribution >= 0.6 is 12.2 Å². The normalized spacial score (nSPS) is 11.3. The van der Waals surface area contributed by atoms with Crippen LogP contribution < -0.4 is 10.6 Å². The molecule has 0 aromatic rings. The Morgan fingerprint density at radius 3 is 2.41 bits per heavy atom. The lowest BCUT2D eigenvalue weighted by atomic mass is 10.4. The Labute approximate surface area is 104 Å². The van der Waals surface area contributed by atoms with Crippen molar-refractivity contribution >= 4 is 17.3 Å². The standard InChI is InChI=1S/C9H17F3N2O2S/c1-15-5-2-3-13-8(17)14-4-6-16-7-9(10,11)12/h2-7H2,1H3,(H2,13,14,17). The Morgan fingerprint density at radius 1 is 1.18 bits per heavy atom. The van der Waals surface area contributed by atoms with Gasteiger partial charge in [0.25, 0.3) is 0 Å². The Kier molecular flexibility index (Phi) is 9.10. The number of hydrogen-bond donors (Lipinski definition) is 2. The molecule has 0 atom stereocenters. The maximum absolute atomic E-state index is 11.7. The summed E-state index contributed by atoms with van der Waals surface area (Å²) in [5, 5.41) is 6.02. The Morgan fingerprint density at radius 2 is 1.82 bits per heavy atom. The van der Waals surface area contributed by atoms with Gasteiger partial charge < -0.3 is 20.1 Å². The minimum absolute atomic E-state index is 0.0423. The molecule has 0 fully saturated rings. The van der Waals surface area contributed by atoms with E-state index >= 15 is 0 Å². The fourth-order valence-corrected chi connectivity index (χ4v) is 1.11. The number of ether oxygens (including phenoxy) is 2. The molecule has 8 heteroatoms. The van der Waals surface area contributed by atoms with E-state index in [0.29, 0.717) is 18.3 Å². The molecule has 4 nitrogen and oxygen atoms in total. The number of hydrogen-bond acceptors (Lipinski definition) is 3. The van der Waals surface area contributed by atoms with Gasteiger partial charge in [0, 0.05) is 26.8 Å². The fourth-order valence-electron chi connectivity index (χ4n) is 0.906. The Hall–Kier alpha value is -0.600. The van der Waals surface area contributed by atoms with Crippen LogP contribution in [0.4, 0.5) is 13.2 Å². The van der Waals surface area contributed by atoms with E-state index in [2.05, 4.69) is 15.4 Å². The second-order valence-corrected chi connectivity index (χ2v) is 3.61. The summed E-state index contributed by atoms with van der Waals surface area (Å²) < 4.78 is 44.3. The molecule has 0 aliphatic carbocycles. The van der Waals surface area contributed by atoms with Crippen molar-refractivity contribution in [2.24, 2.45) is 0 Å². The molecule has 0 aliphatic rings. The van der Waals surface area contributed by atoms with Crippen molar-refractivity contribution in [1.82, 2.24) is 10.6 Å². The number of halogens is 3. The predicted molar refractivity (Wildman–Crippen MR) is 62.0 cm³/mol. The molecular formula is C9H17F3N2O2S. The summed E-state index contributed by atoms with van der Waals surface area (Å²) in [7, 11) is 1.61. The zero-order chi connectivity index (χ0) is 13.1. The van der Waals surface area contributed by atoms with Gasteiger partial charge in [0.2, 0.25) is 0 Å². The highest BCUT2D eigenvalue weighted by molar-refractivity contribution is 7.80. The van der Waals surface area contributed by atoms with Crippen LogP contribution in [0.3, 0.4) is 0 Å². The molecular weight excluding hydrogens is 257 g/mol. The first-order valence-corrected chi connectivity index (χ1v) is 5.51. The maximum atomic E-state index is 11.7. The van der Waals surface area contributed by atoms with Crippen molar-refractivity contribution in [3.63, 3.8) is 0 Å². The first-order chi connectivity index (χ1) is 7.95. The fraction of sp³-hybridized carbons (Fsp3) is 0.889. The smallest absolute Gasteiger partial charge is 0.385 e. The summed E-state index contributed by atoms with van der Waals surface area (Å²) in [6.45, 7) is 0.252. The molecule has 102 valence electrons. The van der Waals surface area contributed by atoms with Crippen LogP contribution in [0.1, 0.15) is 6.42 Å². The average Bonchev–Trinajstić information content (AvgIpc) is 2.22. The Balaban J connectivity index is 3.28. The quantitative estimate of drug-likeness (QED) is 0.512. The lowest BCUT2D eigenvalue weighted by molar-refractivity contribution is -0.173. The Bertz CT molecular complexity index is 215. The SMILES string of the molecule is COCCCNC(=S)NCCOCC(F)(F)F. The molecule has 0 aromatic heterocycles. The van der Waals surface area contributed by atoms with E-state index in [-0.39, 0.29) is 13.2 Å². The lowest BCUT2D eigenvalue weighted by Gasteiger charge is -2.11. The van der Waals surface area contributed by atoms with Crippen molar-refractivity contribution in [3.8, 4) is 0 Å². The van der Waals surface area contributed by atoms with Gasteiger partial charge in [0.05, 0.1) is 6.61 Å². The average molecular weight is 274 g/mol. The van der Waals surface area contributed by atoms with Crippen molar-refractivity contribution in [1.29, 1.82) is 0 Å². The third-order valence-corrected chi connectivity index (χ3v) is 1.90. The van der Waals surface area contributed by atoms with E-state index in [9.17, 15) is 13.2 Å². The third-order valence-electron chi connectivity index (χ3n) is 1.61. The number of thiocarbonyl (C=S) groups is 1. The first kappa shape index (κ1) is 16.4. The van der Waals surface area contributed by atoms with Crippen LogP contribution in [0.5, 0.6) is 0 Å². The molecule has 0 amide bonds. The van der Waals surface area contributed by atoms with Gasteiger partial charge in [-0.2, -0.15) is 13.2 Å². The summed E-state index contributed by atoms with van der Waals surface area (Å²) in [5.41, 5.74) is 0. The molecule has 0 saturated carbocycles. The van der Waals surface area contributed by atoms with Crippen LogP contribution in [0.2, 0.25) is 0 Å². The predicted octanol–water partition coefficient (Wildman–Crippen LogP) is 1.07. The molecule has 17 heavy (non-hydrogen) atoms. The third kappa shape index (κ3) is 13.3. The van der Waals surface area contributed by atoms with Gasteiger partial charge in [0.15, 0.2) is 5.11 Å². The summed E-state index contributed by atoms with van der Waals surface area (Å²) in [6.07, 6.45) is -3.47. The maximum Gasteiger partial charge on any atom is 0.411 e. The largest absolute Gasteiger partial charge is 0.411 e. The molecule has 0 rings (SSSR count). The van der Waals surface area contributed by atoms with Crippen LogP contribution in [-0.2, 0) is 9.47 Å². The molecule has 0 aliphatic heterocycles. The molecule has 2 N–H and O–H groups in total. The molecule has 0 spiro atoms. The highest BCUT2D eigenvalue weighted by Crippen LogP contribution is 2.13. The first-order valence-electron chi connectivity index (χ1n) is 5.11. The molecule has 0 unspecified atom stereocenters.